The fourth-order valence-electron chi connectivity index (χ4n) is 2.56. The van der Waals surface area contributed by atoms with Gasteiger partial charge in [-0.1, -0.05) is 17.7 Å². The fourth-order valence-corrected chi connectivity index (χ4v) is 3.21. The summed E-state index contributed by atoms with van der Waals surface area (Å²) in [6.45, 7) is 4.09. The molecule has 0 amide bonds. The minimum atomic E-state index is -3.25. The molecule has 0 saturated carbocycles. The van der Waals surface area contributed by atoms with Crippen LogP contribution in [0.15, 0.2) is 53.6 Å². The van der Waals surface area contributed by atoms with Crippen molar-refractivity contribution in [1.29, 1.82) is 0 Å². The first-order valence-electron chi connectivity index (χ1n) is 7.28. The van der Waals surface area contributed by atoms with Crippen molar-refractivity contribution in [2.45, 2.75) is 18.7 Å². The number of aromatic nitrogens is 1. The Morgan fingerprint density at radius 1 is 0.957 bits per heavy atom. The molecular weight excluding hydrogens is 308 g/mol. The Labute approximate surface area is 136 Å². The molecule has 0 aliphatic carbocycles. The summed E-state index contributed by atoms with van der Waals surface area (Å²) >= 11 is 0. The number of rotatable bonds is 3. The lowest BCUT2D eigenvalue weighted by atomic mass is 10.1. The second-order valence-electron chi connectivity index (χ2n) is 5.75. The van der Waals surface area contributed by atoms with Gasteiger partial charge in [0.05, 0.1) is 10.4 Å². The van der Waals surface area contributed by atoms with Crippen LogP contribution >= 0.6 is 0 Å². The van der Waals surface area contributed by atoms with Gasteiger partial charge < -0.3 is 5.32 Å². The summed E-state index contributed by atoms with van der Waals surface area (Å²) in [4.78, 5) is 4.60. The van der Waals surface area contributed by atoms with Crippen molar-refractivity contribution in [1.82, 2.24) is 4.98 Å². The van der Waals surface area contributed by atoms with E-state index in [4.69, 9.17) is 0 Å². The molecule has 23 heavy (non-hydrogen) atoms. The van der Waals surface area contributed by atoms with Gasteiger partial charge in [0, 0.05) is 29.2 Å². The molecule has 2 aromatic carbocycles. The molecule has 1 N–H and O–H groups in total. The molecule has 0 aliphatic heterocycles. The SMILES string of the molecule is Cc1ccc(Nc2ccnc3ccc(S(C)(=O)=O)cc23)c(C)c1. The van der Waals surface area contributed by atoms with Crippen LogP contribution in [0.5, 0.6) is 0 Å². The van der Waals surface area contributed by atoms with Crippen LogP contribution in [0.25, 0.3) is 10.9 Å². The lowest BCUT2D eigenvalue weighted by molar-refractivity contribution is 0.602. The Morgan fingerprint density at radius 3 is 2.43 bits per heavy atom. The largest absolute Gasteiger partial charge is 0.355 e. The second kappa shape index (κ2) is 5.66. The Balaban J connectivity index is 2.13. The lowest BCUT2D eigenvalue weighted by Crippen LogP contribution is -1.99. The predicted molar refractivity (Wildman–Crippen MR) is 94.1 cm³/mol. The molecule has 0 fully saturated rings. The van der Waals surface area contributed by atoms with E-state index >= 15 is 0 Å². The summed E-state index contributed by atoms with van der Waals surface area (Å²) < 4.78 is 23.6. The predicted octanol–water partition coefficient (Wildman–Crippen LogP) is 4.00. The summed E-state index contributed by atoms with van der Waals surface area (Å²) in [6.07, 6.45) is 2.93. The zero-order valence-corrected chi connectivity index (χ0v) is 14.1. The summed E-state index contributed by atoms with van der Waals surface area (Å²) in [5.74, 6) is 0. The van der Waals surface area contributed by atoms with Gasteiger partial charge in [-0.2, -0.15) is 0 Å². The third-order valence-electron chi connectivity index (χ3n) is 3.79. The second-order valence-corrected chi connectivity index (χ2v) is 7.77. The summed E-state index contributed by atoms with van der Waals surface area (Å²) in [7, 11) is -3.25. The van der Waals surface area contributed by atoms with Crippen molar-refractivity contribution in [3.05, 3.63) is 59.8 Å². The molecule has 5 heteroatoms. The van der Waals surface area contributed by atoms with E-state index in [1.54, 1.807) is 24.4 Å². The molecular formula is C18H18N2O2S. The first-order chi connectivity index (χ1) is 10.8. The van der Waals surface area contributed by atoms with Gasteiger partial charge in [-0.3, -0.25) is 4.98 Å². The van der Waals surface area contributed by atoms with Crippen LogP contribution < -0.4 is 5.32 Å². The standard InChI is InChI=1S/C18H18N2O2S/c1-12-4-6-16(13(2)10-12)20-18-8-9-19-17-7-5-14(11-15(17)18)23(3,21)22/h4-11H,1-3H3,(H,19,20). The molecule has 118 valence electrons. The smallest absolute Gasteiger partial charge is 0.175 e. The van der Waals surface area contributed by atoms with Crippen molar-refractivity contribution < 1.29 is 8.42 Å². The topological polar surface area (TPSA) is 59.1 Å². The summed E-state index contributed by atoms with van der Waals surface area (Å²) in [5, 5.41) is 4.17. The number of nitrogens with zero attached hydrogens (tertiary/aromatic N) is 1. The fraction of sp³-hybridized carbons (Fsp3) is 0.167. The number of nitrogens with one attached hydrogen (secondary N) is 1. The van der Waals surface area contributed by atoms with Crippen LogP contribution in [-0.2, 0) is 9.84 Å². The molecule has 1 heterocycles. The number of hydrogen-bond donors (Lipinski definition) is 1. The van der Waals surface area contributed by atoms with E-state index in [0.717, 1.165) is 27.8 Å². The zero-order valence-electron chi connectivity index (χ0n) is 13.3. The molecule has 3 rings (SSSR count). The van der Waals surface area contributed by atoms with E-state index in [9.17, 15) is 8.42 Å². The quantitative estimate of drug-likeness (QED) is 0.790. The maximum absolute atomic E-state index is 11.8. The maximum atomic E-state index is 11.8. The molecule has 0 unspecified atom stereocenters. The van der Waals surface area contributed by atoms with Crippen LogP contribution in [0.3, 0.4) is 0 Å². The number of sulfone groups is 1. The summed E-state index contributed by atoms with van der Waals surface area (Å²) in [6, 6.07) is 13.0. The van der Waals surface area contributed by atoms with E-state index in [1.165, 1.54) is 11.8 Å². The molecule has 0 saturated heterocycles. The van der Waals surface area contributed by atoms with E-state index in [1.807, 2.05) is 25.1 Å². The van der Waals surface area contributed by atoms with Crippen molar-refractivity contribution in [3.63, 3.8) is 0 Å². The number of hydrogen-bond acceptors (Lipinski definition) is 4. The van der Waals surface area contributed by atoms with Gasteiger partial charge in [0.25, 0.3) is 0 Å². The Hall–Kier alpha value is -2.40. The molecule has 4 nitrogen and oxygen atoms in total. The van der Waals surface area contributed by atoms with Gasteiger partial charge in [-0.15, -0.1) is 0 Å². The first-order valence-corrected chi connectivity index (χ1v) is 9.17. The van der Waals surface area contributed by atoms with Gasteiger partial charge in [-0.05, 0) is 49.7 Å². The highest BCUT2D eigenvalue weighted by Gasteiger charge is 2.11. The number of fused-ring (bicyclic) bond motifs is 1. The minimum Gasteiger partial charge on any atom is -0.355 e. The number of pyridine rings is 1. The highest BCUT2D eigenvalue weighted by Crippen LogP contribution is 2.28. The van der Waals surface area contributed by atoms with Gasteiger partial charge in [0.15, 0.2) is 9.84 Å². The normalized spacial score (nSPS) is 11.6. The van der Waals surface area contributed by atoms with Crippen molar-refractivity contribution >= 4 is 32.1 Å². The maximum Gasteiger partial charge on any atom is 0.175 e. The Kier molecular flexibility index (Phi) is 3.82. The van der Waals surface area contributed by atoms with Gasteiger partial charge in [0.1, 0.15) is 0 Å². The highest BCUT2D eigenvalue weighted by atomic mass is 32.2. The average Bonchev–Trinajstić information content (AvgIpc) is 2.49. The third kappa shape index (κ3) is 3.19. The third-order valence-corrected chi connectivity index (χ3v) is 4.90. The molecule has 3 aromatic rings. The van der Waals surface area contributed by atoms with E-state index in [0.29, 0.717) is 4.90 Å². The monoisotopic (exact) mass is 326 g/mol. The highest BCUT2D eigenvalue weighted by molar-refractivity contribution is 7.90. The molecule has 0 bridgehead atoms. The van der Waals surface area contributed by atoms with Gasteiger partial charge in [-0.25, -0.2) is 8.42 Å². The van der Waals surface area contributed by atoms with Gasteiger partial charge >= 0.3 is 0 Å². The van der Waals surface area contributed by atoms with E-state index < -0.39 is 9.84 Å². The Bertz CT molecular complexity index is 995. The minimum absolute atomic E-state index is 0.293. The lowest BCUT2D eigenvalue weighted by Gasteiger charge is -2.13. The zero-order chi connectivity index (χ0) is 16.6. The van der Waals surface area contributed by atoms with Crippen LogP contribution in [0, 0.1) is 13.8 Å². The number of aryl methyl sites for hydroxylation is 2. The van der Waals surface area contributed by atoms with Crippen LogP contribution in [-0.4, -0.2) is 19.7 Å². The van der Waals surface area contributed by atoms with Crippen molar-refractivity contribution in [2.24, 2.45) is 0 Å². The van der Waals surface area contributed by atoms with Crippen LogP contribution in [0.1, 0.15) is 11.1 Å². The van der Waals surface area contributed by atoms with Crippen LogP contribution in [0.4, 0.5) is 11.4 Å². The van der Waals surface area contributed by atoms with Crippen molar-refractivity contribution in [2.75, 3.05) is 11.6 Å². The molecule has 1 aromatic heterocycles. The van der Waals surface area contributed by atoms with Crippen LogP contribution in [0.2, 0.25) is 0 Å². The average molecular weight is 326 g/mol. The molecule has 0 spiro atoms. The molecule has 0 atom stereocenters. The summed E-state index contributed by atoms with van der Waals surface area (Å²) in [5.41, 5.74) is 4.92. The Morgan fingerprint density at radius 2 is 1.74 bits per heavy atom. The van der Waals surface area contributed by atoms with E-state index in [2.05, 4.69) is 23.3 Å². The van der Waals surface area contributed by atoms with E-state index in [-0.39, 0.29) is 0 Å². The van der Waals surface area contributed by atoms with Crippen molar-refractivity contribution in [3.8, 4) is 0 Å². The molecule has 0 aliphatic rings. The number of benzene rings is 2. The molecule has 0 radical (unpaired) electrons. The number of anilines is 2. The first kappa shape index (κ1) is 15.5. The van der Waals surface area contributed by atoms with Gasteiger partial charge in [0.2, 0.25) is 0 Å².